The summed E-state index contributed by atoms with van der Waals surface area (Å²) in [6.07, 6.45) is 3.44. The summed E-state index contributed by atoms with van der Waals surface area (Å²) in [5, 5.41) is 34.0. The Morgan fingerprint density at radius 2 is 1.78 bits per heavy atom. The van der Waals surface area contributed by atoms with E-state index in [0.717, 1.165) is 57.2 Å². The highest BCUT2D eigenvalue weighted by Crippen LogP contribution is 2.38. The number of pyridine rings is 1. The Hall–Kier alpha value is -3.44. The third kappa shape index (κ3) is 3.80. The average Bonchev–Trinajstić information content (AvgIpc) is 3.47. The number of rotatable bonds is 4. The minimum atomic E-state index is 0.490. The van der Waals surface area contributed by atoms with Crippen LogP contribution in [0.25, 0.3) is 16.1 Å². The third-order valence-corrected chi connectivity index (χ3v) is 7.50. The van der Waals surface area contributed by atoms with E-state index in [2.05, 4.69) is 44.3 Å². The maximum Gasteiger partial charge on any atom is 0.208 e. The van der Waals surface area contributed by atoms with E-state index < -0.39 is 0 Å². The normalized spacial score (nSPS) is 14.4. The van der Waals surface area contributed by atoms with Gasteiger partial charge in [-0.05, 0) is 25.2 Å². The van der Waals surface area contributed by atoms with E-state index >= 15 is 0 Å². The zero-order valence-corrected chi connectivity index (χ0v) is 18.9. The molecule has 0 bridgehead atoms. The first-order valence-electron chi connectivity index (χ1n) is 10.0. The Morgan fingerprint density at radius 3 is 2.56 bits per heavy atom. The predicted molar refractivity (Wildman–Crippen MR) is 124 cm³/mol. The molecular formula is C22H18N8S2. The maximum atomic E-state index is 9.57. The van der Waals surface area contributed by atoms with Crippen LogP contribution in [0.15, 0.2) is 52.5 Å². The van der Waals surface area contributed by atoms with Crippen molar-refractivity contribution in [3.05, 3.63) is 53.9 Å². The van der Waals surface area contributed by atoms with Crippen LogP contribution < -0.4 is 4.90 Å². The second-order valence-electron chi connectivity index (χ2n) is 7.45. The van der Waals surface area contributed by atoms with Gasteiger partial charge in [0.05, 0.1) is 22.8 Å². The van der Waals surface area contributed by atoms with E-state index in [-0.39, 0.29) is 0 Å². The summed E-state index contributed by atoms with van der Waals surface area (Å²) in [7, 11) is 2.13. The van der Waals surface area contributed by atoms with E-state index in [1.54, 1.807) is 28.1 Å². The number of hydrogen-bond acceptors (Lipinski definition) is 9. The highest BCUT2D eigenvalue weighted by molar-refractivity contribution is 7.99. The molecule has 1 fully saturated rings. The molecule has 0 radical (unpaired) electrons. The first kappa shape index (κ1) is 20.5. The van der Waals surface area contributed by atoms with Crippen molar-refractivity contribution < 1.29 is 0 Å². The second-order valence-corrected chi connectivity index (χ2v) is 9.49. The van der Waals surface area contributed by atoms with Crippen LogP contribution in [0.5, 0.6) is 0 Å². The molecule has 158 valence electrons. The summed E-state index contributed by atoms with van der Waals surface area (Å²) < 4.78 is 1.71. The van der Waals surface area contributed by atoms with E-state index in [1.165, 1.54) is 11.8 Å². The fourth-order valence-corrected chi connectivity index (χ4v) is 5.56. The molecule has 5 rings (SSSR count). The van der Waals surface area contributed by atoms with Crippen molar-refractivity contribution in [1.29, 1.82) is 10.5 Å². The second kappa shape index (κ2) is 8.60. The summed E-state index contributed by atoms with van der Waals surface area (Å²) in [5.41, 5.74) is 2.67. The average molecular weight is 459 g/mol. The van der Waals surface area contributed by atoms with Crippen LogP contribution in [0, 0.1) is 22.7 Å². The number of nitrogens with zero attached hydrogens (tertiary/aromatic N) is 8. The molecule has 1 aliphatic rings. The molecule has 32 heavy (non-hydrogen) atoms. The Morgan fingerprint density at radius 1 is 1.00 bits per heavy atom. The standard InChI is InChI=1S/C22H18N8S2/c1-28-6-8-29(9-7-28)22-27-26-21(32-22)16-10-19(20-17(12-24)13-25-30(20)14-16)31-18-5-3-2-4-15(18)11-23/h2-5,10,13-14H,6-9H2,1H3. The molecule has 10 heteroatoms. The monoisotopic (exact) mass is 458 g/mol. The number of fused-ring (bicyclic) bond motifs is 1. The number of hydrogen-bond donors (Lipinski definition) is 0. The van der Waals surface area contributed by atoms with Gasteiger partial charge in [-0.25, -0.2) is 4.52 Å². The number of benzene rings is 1. The van der Waals surface area contributed by atoms with Gasteiger partial charge < -0.3 is 9.80 Å². The highest BCUT2D eigenvalue weighted by atomic mass is 32.2. The lowest BCUT2D eigenvalue weighted by molar-refractivity contribution is 0.312. The molecule has 0 amide bonds. The number of aromatic nitrogens is 4. The van der Waals surface area contributed by atoms with Gasteiger partial charge in [0.1, 0.15) is 12.1 Å². The molecule has 0 saturated carbocycles. The van der Waals surface area contributed by atoms with Gasteiger partial charge in [0, 0.05) is 47.7 Å². The molecule has 0 aliphatic carbocycles. The fourth-order valence-electron chi connectivity index (χ4n) is 3.59. The highest BCUT2D eigenvalue weighted by Gasteiger charge is 2.20. The van der Waals surface area contributed by atoms with Gasteiger partial charge in [-0.2, -0.15) is 15.6 Å². The van der Waals surface area contributed by atoms with Crippen molar-refractivity contribution in [3.63, 3.8) is 0 Å². The third-order valence-electron chi connectivity index (χ3n) is 5.36. The molecule has 1 aliphatic heterocycles. The Bertz CT molecular complexity index is 1370. The number of anilines is 1. The maximum absolute atomic E-state index is 9.57. The van der Waals surface area contributed by atoms with Gasteiger partial charge >= 0.3 is 0 Å². The minimum Gasteiger partial charge on any atom is -0.344 e. The van der Waals surface area contributed by atoms with Crippen LogP contribution in [0.1, 0.15) is 11.1 Å². The lowest BCUT2D eigenvalue weighted by Gasteiger charge is -2.31. The summed E-state index contributed by atoms with van der Waals surface area (Å²) in [5.74, 6) is 0. The molecule has 1 saturated heterocycles. The van der Waals surface area contributed by atoms with E-state index in [4.69, 9.17) is 0 Å². The molecule has 1 aromatic carbocycles. The SMILES string of the molecule is CN1CCN(c2nnc(-c3cc(Sc4ccccc4C#N)c4c(C#N)cnn4c3)s2)CC1. The number of likely N-dealkylation sites (N-methyl/N-ethyl adjacent to an activating group) is 1. The summed E-state index contributed by atoms with van der Waals surface area (Å²) >= 11 is 3.01. The lowest BCUT2D eigenvalue weighted by Crippen LogP contribution is -2.44. The molecule has 0 spiro atoms. The van der Waals surface area contributed by atoms with Crippen LogP contribution in [0.3, 0.4) is 0 Å². The molecule has 4 aromatic rings. The summed E-state index contributed by atoms with van der Waals surface area (Å²) in [4.78, 5) is 6.24. The quantitative estimate of drug-likeness (QED) is 0.458. The van der Waals surface area contributed by atoms with Crippen molar-refractivity contribution in [1.82, 2.24) is 24.7 Å². The van der Waals surface area contributed by atoms with E-state index in [9.17, 15) is 10.5 Å². The van der Waals surface area contributed by atoms with Crippen molar-refractivity contribution >= 4 is 33.7 Å². The summed E-state index contributed by atoms with van der Waals surface area (Å²) in [6.45, 7) is 3.87. The first-order chi connectivity index (χ1) is 15.7. The molecule has 0 atom stereocenters. The molecule has 0 N–H and O–H groups in total. The van der Waals surface area contributed by atoms with Crippen LogP contribution >= 0.6 is 23.1 Å². The van der Waals surface area contributed by atoms with Crippen molar-refractivity contribution in [2.24, 2.45) is 0 Å². The lowest BCUT2D eigenvalue weighted by atomic mass is 10.2. The fraction of sp³-hybridized carbons (Fsp3) is 0.227. The summed E-state index contributed by atoms with van der Waals surface area (Å²) in [6, 6.07) is 13.9. The Kier molecular flexibility index (Phi) is 5.50. The molecule has 4 heterocycles. The smallest absolute Gasteiger partial charge is 0.208 e. The molecule has 0 unspecified atom stereocenters. The van der Waals surface area contributed by atoms with Gasteiger partial charge in [0.15, 0.2) is 5.01 Å². The molecular weight excluding hydrogens is 440 g/mol. The minimum absolute atomic E-state index is 0.490. The molecule has 3 aromatic heterocycles. The number of nitriles is 2. The topological polar surface area (TPSA) is 97.1 Å². The van der Waals surface area contributed by atoms with Crippen molar-refractivity contribution in [2.75, 3.05) is 38.1 Å². The van der Waals surface area contributed by atoms with Crippen LogP contribution in [-0.2, 0) is 0 Å². The van der Waals surface area contributed by atoms with Gasteiger partial charge in [0.25, 0.3) is 0 Å². The largest absolute Gasteiger partial charge is 0.344 e. The zero-order chi connectivity index (χ0) is 22.1. The zero-order valence-electron chi connectivity index (χ0n) is 17.3. The Labute approximate surface area is 193 Å². The molecule has 8 nitrogen and oxygen atoms in total. The van der Waals surface area contributed by atoms with Gasteiger partial charge in [-0.3, -0.25) is 0 Å². The van der Waals surface area contributed by atoms with E-state index in [0.29, 0.717) is 11.1 Å². The Balaban J connectivity index is 1.56. The van der Waals surface area contributed by atoms with Gasteiger partial charge in [-0.1, -0.05) is 35.2 Å². The predicted octanol–water partition coefficient (Wildman–Crippen LogP) is 3.50. The van der Waals surface area contributed by atoms with Crippen LogP contribution in [0.2, 0.25) is 0 Å². The van der Waals surface area contributed by atoms with Crippen molar-refractivity contribution in [3.8, 4) is 22.7 Å². The van der Waals surface area contributed by atoms with Crippen molar-refractivity contribution in [2.45, 2.75) is 9.79 Å². The number of piperazine rings is 1. The van der Waals surface area contributed by atoms with Gasteiger partial charge in [-0.15, -0.1) is 10.2 Å². The van der Waals surface area contributed by atoms with Crippen LogP contribution in [0.4, 0.5) is 5.13 Å². The van der Waals surface area contributed by atoms with Crippen LogP contribution in [-0.4, -0.2) is 57.9 Å². The van der Waals surface area contributed by atoms with E-state index in [1.807, 2.05) is 30.5 Å². The van der Waals surface area contributed by atoms with Gasteiger partial charge in [0.2, 0.25) is 5.13 Å². The first-order valence-corrected chi connectivity index (χ1v) is 11.7.